The van der Waals surface area contributed by atoms with Crippen LogP contribution in [0, 0.1) is 27.4 Å². The SMILES string of the molecule is CC1CCN(c2ccc([N+](=O)[O-])cc2/C=C(\C#N)C(=O)NCc2ccccc2)CC1. The summed E-state index contributed by atoms with van der Waals surface area (Å²) in [6, 6.07) is 15.9. The van der Waals surface area contributed by atoms with Crippen LogP contribution in [0.2, 0.25) is 0 Å². The Labute approximate surface area is 175 Å². The highest BCUT2D eigenvalue weighted by Gasteiger charge is 2.21. The molecule has 1 aliphatic heterocycles. The smallest absolute Gasteiger partial charge is 0.270 e. The zero-order valence-corrected chi connectivity index (χ0v) is 16.9. The highest BCUT2D eigenvalue weighted by molar-refractivity contribution is 6.02. The van der Waals surface area contributed by atoms with Gasteiger partial charge in [-0.1, -0.05) is 37.3 Å². The Morgan fingerprint density at radius 1 is 1.27 bits per heavy atom. The van der Waals surface area contributed by atoms with Crippen molar-refractivity contribution >= 4 is 23.4 Å². The Morgan fingerprint density at radius 3 is 2.60 bits per heavy atom. The number of hydrogen-bond acceptors (Lipinski definition) is 5. The maximum Gasteiger partial charge on any atom is 0.270 e. The number of carbonyl (C=O) groups excluding carboxylic acids is 1. The van der Waals surface area contributed by atoms with Crippen molar-refractivity contribution in [1.29, 1.82) is 5.26 Å². The monoisotopic (exact) mass is 404 g/mol. The molecule has 30 heavy (non-hydrogen) atoms. The number of nitriles is 1. The van der Waals surface area contributed by atoms with Crippen LogP contribution in [-0.4, -0.2) is 23.9 Å². The summed E-state index contributed by atoms with van der Waals surface area (Å²) in [6.07, 6.45) is 3.51. The molecule has 1 fully saturated rings. The Hall–Kier alpha value is -3.66. The molecule has 0 bridgehead atoms. The Morgan fingerprint density at radius 2 is 1.97 bits per heavy atom. The van der Waals surface area contributed by atoms with Gasteiger partial charge >= 0.3 is 0 Å². The largest absolute Gasteiger partial charge is 0.371 e. The van der Waals surface area contributed by atoms with Crippen LogP contribution in [0.4, 0.5) is 11.4 Å². The van der Waals surface area contributed by atoms with Gasteiger partial charge in [0.2, 0.25) is 0 Å². The van der Waals surface area contributed by atoms with Crippen molar-refractivity contribution in [3.63, 3.8) is 0 Å². The van der Waals surface area contributed by atoms with E-state index in [1.807, 2.05) is 36.4 Å². The number of nitro groups is 1. The topological polar surface area (TPSA) is 99.3 Å². The number of rotatable bonds is 6. The number of carbonyl (C=O) groups is 1. The minimum atomic E-state index is -0.508. The second-order valence-electron chi connectivity index (χ2n) is 7.51. The first-order valence-corrected chi connectivity index (χ1v) is 9.95. The van der Waals surface area contributed by atoms with Gasteiger partial charge in [-0.05, 0) is 36.5 Å². The summed E-state index contributed by atoms with van der Waals surface area (Å²) in [6.45, 7) is 4.17. The van der Waals surface area contributed by atoms with Gasteiger partial charge < -0.3 is 10.2 Å². The number of nitrogens with zero attached hydrogens (tertiary/aromatic N) is 3. The lowest BCUT2D eigenvalue weighted by Gasteiger charge is -2.33. The number of piperidine rings is 1. The molecule has 2 aromatic rings. The molecule has 0 atom stereocenters. The summed E-state index contributed by atoms with van der Waals surface area (Å²) < 4.78 is 0. The van der Waals surface area contributed by atoms with Crippen molar-refractivity contribution in [3.8, 4) is 6.07 Å². The first-order valence-electron chi connectivity index (χ1n) is 9.95. The predicted molar refractivity (Wildman–Crippen MR) is 116 cm³/mol. The zero-order valence-electron chi connectivity index (χ0n) is 16.9. The molecular formula is C23H24N4O3. The van der Waals surface area contributed by atoms with Crippen molar-refractivity contribution in [2.24, 2.45) is 5.92 Å². The van der Waals surface area contributed by atoms with Crippen LogP contribution < -0.4 is 10.2 Å². The quantitative estimate of drug-likeness (QED) is 0.339. The van der Waals surface area contributed by atoms with Crippen molar-refractivity contribution < 1.29 is 9.72 Å². The highest BCUT2D eigenvalue weighted by Crippen LogP contribution is 2.30. The van der Waals surface area contributed by atoms with Gasteiger partial charge in [-0.2, -0.15) is 5.26 Å². The molecule has 0 aromatic heterocycles. The summed E-state index contributed by atoms with van der Waals surface area (Å²) in [5.41, 5.74) is 2.07. The summed E-state index contributed by atoms with van der Waals surface area (Å²) in [7, 11) is 0. The van der Waals surface area contributed by atoms with Gasteiger partial charge in [-0.15, -0.1) is 0 Å². The number of hydrogen-bond donors (Lipinski definition) is 1. The van der Waals surface area contributed by atoms with Gasteiger partial charge in [0.25, 0.3) is 11.6 Å². The minimum Gasteiger partial charge on any atom is -0.371 e. The van der Waals surface area contributed by atoms with E-state index in [1.54, 1.807) is 6.07 Å². The van der Waals surface area contributed by atoms with E-state index in [1.165, 1.54) is 18.2 Å². The molecule has 0 aliphatic carbocycles. The van der Waals surface area contributed by atoms with Crippen molar-refractivity contribution in [2.75, 3.05) is 18.0 Å². The van der Waals surface area contributed by atoms with Crippen LogP contribution in [-0.2, 0) is 11.3 Å². The van der Waals surface area contributed by atoms with E-state index < -0.39 is 10.8 Å². The number of benzene rings is 2. The van der Waals surface area contributed by atoms with Crippen LogP contribution in [0.3, 0.4) is 0 Å². The van der Waals surface area contributed by atoms with E-state index in [9.17, 15) is 20.2 Å². The van der Waals surface area contributed by atoms with E-state index >= 15 is 0 Å². The standard InChI is InChI=1S/C23H24N4O3/c1-17-9-11-26(12-10-17)22-8-7-21(27(29)30)14-19(22)13-20(15-24)23(28)25-16-18-5-3-2-4-6-18/h2-8,13-14,17H,9-12,16H2,1H3,(H,25,28)/b20-13+. The van der Waals surface area contributed by atoms with Gasteiger partial charge in [0.1, 0.15) is 11.6 Å². The van der Waals surface area contributed by atoms with Crippen LogP contribution in [0.15, 0.2) is 54.1 Å². The lowest BCUT2D eigenvalue weighted by Crippen LogP contribution is -2.33. The summed E-state index contributed by atoms with van der Waals surface area (Å²) in [5, 5.41) is 23.5. The lowest BCUT2D eigenvalue weighted by atomic mass is 9.97. The third-order valence-corrected chi connectivity index (χ3v) is 5.31. The fourth-order valence-corrected chi connectivity index (χ4v) is 3.49. The average molecular weight is 404 g/mol. The molecule has 154 valence electrons. The minimum absolute atomic E-state index is 0.0719. The van der Waals surface area contributed by atoms with Gasteiger partial charge in [-0.25, -0.2) is 0 Å². The van der Waals surface area contributed by atoms with Crippen molar-refractivity contribution in [1.82, 2.24) is 5.32 Å². The molecule has 1 aliphatic rings. The molecule has 2 aromatic carbocycles. The molecule has 7 heteroatoms. The first kappa shape index (κ1) is 21.1. The fourth-order valence-electron chi connectivity index (χ4n) is 3.49. The van der Waals surface area contributed by atoms with E-state index in [0.717, 1.165) is 37.2 Å². The molecule has 3 rings (SSSR count). The maximum atomic E-state index is 12.6. The number of anilines is 1. The predicted octanol–water partition coefficient (Wildman–Crippen LogP) is 4.05. The summed E-state index contributed by atoms with van der Waals surface area (Å²) in [5.74, 6) is 0.128. The molecule has 0 saturated carbocycles. The summed E-state index contributed by atoms with van der Waals surface area (Å²) in [4.78, 5) is 25.5. The van der Waals surface area contributed by atoms with E-state index in [4.69, 9.17) is 0 Å². The fraction of sp³-hybridized carbons (Fsp3) is 0.304. The molecule has 0 unspecified atom stereocenters. The Kier molecular flexibility index (Phi) is 6.81. The number of nitro benzene ring substituents is 1. The average Bonchev–Trinajstić information content (AvgIpc) is 2.77. The number of non-ortho nitro benzene ring substituents is 1. The molecule has 7 nitrogen and oxygen atoms in total. The third-order valence-electron chi connectivity index (χ3n) is 5.31. The first-order chi connectivity index (χ1) is 14.5. The molecule has 1 amide bonds. The lowest BCUT2D eigenvalue weighted by molar-refractivity contribution is -0.384. The summed E-state index contributed by atoms with van der Waals surface area (Å²) >= 11 is 0. The van der Waals surface area contributed by atoms with E-state index in [2.05, 4.69) is 17.1 Å². The van der Waals surface area contributed by atoms with Crippen molar-refractivity contribution in [2.45, 2.75) is 26.3 Å². The third kappa shape index (κ3) is 5.23. The van der Waals surface area contributed by atoms with Gasteiger partial charge in [0.15, 0.2) is 0 Å². The van der Waals surface area contributed by atoms with Crippen LogP contribution in [0.1, 0.15) is 30.9 Å². The molecular weight excluding hydrogens is 380 g/mol. The molecule has 0 spiro atoms. The van der Waals surface area contributed by atoms with Crippen LogP contribution in [0.5, 0.6) is 0 Å². The normalized spacial score (nSPS) is 14.8. The second kappa shape index (κ2) is 9.70. The zero-order chi connectivity index (χ0) is 21.5. The maximum absolute atomic E-state index is 12.6. The van der Waals surface area contributed by atoms with Crippen LogP contribution in [0.25, 0.3) is 6.08 Å². The second-order valence-corrected chi connectivity index (χ2v) is 7.51. The highest BCUT2D eigenvalue weighted by atomic mass is 16.6. The number of nitrogens with one attached hydrogen (secondary N) is 1. The van der Waals surface area contributed by atoms with E-state index in [0.29, 0.717) is 18.0 Å². The Bertz CT molecular complexity index is 987. The Balaban J connectivity index is 1.87. The van der Waals surface area contributed by atoms with Gasteiger partial charge in [0.05, 0.1) is 4.92 Å². The molecule has 0 radical (unpaired) electrons. The van der Waals surface area contributed by atoms with Crippen molar-refractivity contribution in [3.05, 3.63) is 75.3 Å². The van der Waals surface area contributed by atoms with Crippen LogP contribution >= 0.6 is 0 Å². The molecule has 1 heterocycles. The van der Waals surface area contributed by atoms with Gasteiger partial charge in [0, 0.05) is 43.0 Å². The van der Waals surface area contributed by atoms with Gasteiger partial charge in [-0.3, -0.25) is 14.9 Å². The van der Waals surface area contributed by atoms with E-state index in [-0.39, 0.29) is 11.3 Å². The number of amides is 1. The molecule has 1 N–H and O–H groups in total. The molecule has 1 saturated heterocycles.